The Labute approximate surface area is 148 Å². The van der Waals surface area contributed by atoms with Gasteiger partial charge in [0.1, 0.15) is 0 Å². The fraction of sp³-hybridized carbons (Fsp3) is 0.476. The van der Waals surface area contributed by atoms with Gasteiger partial charge in [-0.1, -0.05) is 30.4 Å². The fourth-order valence-electron chi connectivity index (χ4n) is 5.00. The molecule has 130 valence electrons. The highest BCUT2D eigenvalue weighted by Crippen LogP contribution is 2.40. The fourth-order valence-corrected chi connectivity index (χ4v) is 5.00. The third-order valence-corrected chi connectivity index (χ3v) is 6.42. The summed E-state index contributed by atoms with van der Waals surface area (Å²) < 4.78 is 0. The van der Waals surface area contributed by atoms with Gasteiger partial charge in [0.25, 0.3) is 0 Å². The van der Waals surface area contributed by atoms with Crippen molar-refractivity contribution in [3.05, 3.63) is 47.7 Å². The average Bonchev–Trinajstić information content (AvgIpc) is 3.31. The van der Waals surface area contributed by atoms with Crippen molar-refractivity contribution in [2.24, 2.45) is 5.92 Å². The standard InChI is InChI=1S/C21H25N3O/c25-20(15-5-1-2-6-15)24-13-10-21(11-14-24)19-17(9-12-22-21)16-7-3-4-8-18(16)23-19/h1-4,7-8,15,22-23H,5-6,9-14H2. The molecule has 25 heavy (non-hydrogen) atoms. The van der Waals surface area contributed by atoms with Gasteiger partial charge in [0.05, 0.1) is 5.54 Å². The molecule has 0 radical (unpaired) electrons. The number of nitrogens with one attached hydrogen (secondary N) is 2. The number of H-pyrrole nitrogens is 1. The van der Waals surface area contributed by atoms with E-state index in [9.17, 15) is 4.79 Å². The maximum Gasteiger partial charge on any atom is 0.226 e. The Morgan fingerprint density at radius 2 is 1.88 bits per heavy atom. The van der Waals surface area contributed by atoms with Gasteiger partial charge in [0.2, 0.25) is 5.91 Å². The van der Waals surface area contributed by atoms with Crippen molar-refractivity contribution in [1.82, 2.24) is 15.2 Å². The van der Waals surface area contributed by atoms with Crippen LogP contribution in [-0.4, -0.2) is 35.4 Å². The molecule has 1 fully saturated rings. The Balaban J connectivity index is 1.40. The number of aromatic amines is 1. The van der Waals surface area contributed by atoms with Crippen molar-refractivity contribution < 1.29 is 4.79 Å². The smallest absolute Gasteiger partial charge is 0.226 e. The van der Waals surface area contributed by atoms with E-state index in [-0.39, 0.29) is 11.5 Å². The predicted octanol–water partition coefficient (Wildman–Crippen LogP) is 3.10. The Morgan fingerprint density at radius 1 is 1.12 bits per heavy atom. The number of likely N-dealkylation sites (tertiary alicyclic amines) is 1. The number of hydrogen-bond acceptors (Lipinski definition) is 2. The van der Waals surface area contributed by atoms with Crippen LogP contribution in [0, 0.1) is 5.92 Å². The lowest BCUT2D eigenvalue weighted by Gasteiger charge is -2.45. The number of benzene rings is 1. The van der Waals surface area contributed by atoms with Gasteiger partial charge in [-0.15, -0.1) is 0 Å². The number of nitrogens with zero attached hydrogens (tertiary/aromatic N) is 1. The quantitative estimate of drug-likeness (QED) is 0.787. The number of piperidine rings is 1. The number of carbonyl (C=O) groups is 1. The van der Waals surface area contributed by atoms with Crippen LogP contribution in [0.1, 0.15) is 36.9 Å². The number of fused-ring (bicyclic) bond motifs is 4. The Bertz CT molecular complexity index is 834. The second-order valence-electron chi connectivity index (χ2n) is 7.75. The highest BCUT2D eigenvalue weighted by atomic mass is 16.2. The van der Waals surface area contributed by atoms with Gasteiger partial charge in [-0.3, -0.25) is 4.79 Å². The zero-order valence-corrected chi connectivity index (χ0v) is 14.6. The Hall–Kier alpha value is -2.07. The topological polar surface area (TPSA) is 48.1 Å². The minimum atomic E-state index is 0.0112. The number of allylic oxidation sites excluding steroid dienone is 2. The molecule has 1 aromatic heterocycles. The highest BCUT2D eigenvalue weighted by Gasteiger charge is 2.42. The highest BCUT2D eigenvalue weighted by molar-refractivity contribution is 5.85. The summed E-state index contributed by atoms with van der Waals surface area (Å²) in [6.07, 6.45) is 9.21. The Morgan fingerprint density at radius 3 is 2.68 bits per heavy atom. The Kier molecular flexibility index (Phi) is 3.49. The first-order valence-electron chi connectivity index (χ1n) is 9.56. The van der Waals surface area contributed by atoms with Crippen molar-refractivity contribution in [1.29, 1.82) is 0 Å². The van der Waals surface area contributed by atoms with Crippen LogP contribution in [0.25, 0.3) is 10.9 Å². The third-order valence-electron chi connectivity index (χ3n) is 6.42. The summed E-state index contributed by atoms with van der Waals surface area (Å²) in [5.74, 6) is 0.546. The molecule has 3 aliphatic rings. The van der Waals surface area contributed by atoms with Gasteiger partial charge in [-0.25, -0.2) is 0 Å². The lowest BCUT2D eigenvalue weighted by atomic mass is 9.79. The summed E-state index contributed by atoms with van der Waals surface area (Å²) in [5.41, 5.74) is 4.10. The number of para-hydroxylation sites is 1. The lowest BCUT2D eigenvalue weighted by molar-refractivity contribution is -0.137. The van der Waals surface area contributed by atoms with Gasteiger partial charge >= 0.3 is 0 Å². The molecule has 4 heteroatoms. The third kappa shape index (κ3) is 2.35. The first-order valence-corrected chi connectivity index (χ1v) is 9.56. The van der Waals surface area contributed by atoms with Gasteiger partial charge in [0.15, 0.2) is 0 Å². The maximum absolute atomic E-state index is 12.7. The molecule has 0 atom stereocenters. The molecule has 1 amide bonds. The summed E-state index contributed by atoms with van der Waals surface area (Å²) in [7, 11) is 0. The molecule has 0 bridgehead atoms. The van der Waals surface area contributed by atoms with Crippen LogP contribution in [0.2, 0.25) is 0 Å². The van der Waals surface area contributed by atoms with Crippen LogP contribution in [0.3, 0.4) is 0 Å². The summed E-state index contributed by atoms with van der Waals surface area (Å²) >= 11 is 0. The zero-order valence-electron chi connectivity index (χ0n) is 14.6. The van der Waals surface area contributed by atoms with Crippen molar-refractivity contribution in [2.75, 3.05) is 19.6 Å². The second-order valence-corrected chi connectivity index (χ2v) is 7.75. The van der Waals surface area contributed by atoms with Gasteiger partial charge < -0.3 is 15.2 Å². The van der Waals surface area contributed by atoms with E-state index in [0.717, 1.165) is 51.7 Å². The minimum absolute atomic E-state index is 0.0112. The molecular weight excluding hydrogens is 310 g/mol. The molecule has 0 saturated carbocycles. The molecule has 5 rings (SSSR count). The minimum Gasteiger partial charge on any atom is -0.357 e. The lowest BCUT2D eigenvalue weighted by Crippen LogP contribution is -2.55. The van der Waals surface area contributed by atoms with Crippen LogP contribution >= 0.6 is 0 Å². The molecule has 1 aliphatic carbocycles. The zero-order chi connectivity index (χ0) is 16.9. The van der Waals surface area contributed by atoms with E-state index in [1.165, 1.54) is 22.2 Å². The van der Waals surface area contributed by atoms with E-state index in [0.29, 0.717) is 5.91 Å². The molecule has 0 unspecified atom stereocenters. The van der Waals surface area contributed by atoms with Gasteiger partial charge in [-0.05, 0) is 43.7 Å². The van der Waals surface area contributed by atoms with Crippen LogP contribution < -0.4 is 5.32 Å². The number of carbonyl (C=O) groups excluding carboxylic acids is 1. The summed E-state index contributed by atoms with van der Waals surface area (Å²) in [4.78, 5) is 18.5. The van der Waals surface area contributed by atoms with E-state index in [1.807, 2.05) is 0 Å². The SMILES string of the molecule is O=C(C1CC=CC1)N1CCC2(CC1)NCCc1c2[nH]c2ccccc12. The van der Waals surface area contributed by atoms with Crippen LogP contribution in [0.4, 0.5) is 0 Å². The average molecular weight is 335 g/mol. The number of hydrogen-bond donors (Lipinski definition) is 2. The van der Waals surface area contributed by atoms with Gasteiger partial charge in [-0.2, -0.15) is 0 Å². The van der Waals surface area contributed by atoms with E-state index in [4.69, 9.17) is 0 Å². The van der Waals surface area contributed by atoms with Crippen molar-refractivity contribution in [2.45, 2.75) is 37.6 Å². The molecule has 1 aromatic carbocycles. The van der Waals surface area contributed by atoms with Crippen LogP contribution in [0.15, 0.2) is 36.4 Å². The maximum atomic E-state index is 12.7. The summed E-state index contributed by atoms with van der Waals surface area (Å²) in [6, 6.07) is 8.63. The van der Waals surface area contributed by atoms with E-state index < -0.39 is 0 Å². The molecular formula is C21H25N3O. The molecule has 1 spiro atoms. The van der Waals surface area contributed by atoms with Crippen molar-refractivity contribution in [3.63, 3.8) is 0 Å². The number of aromatic nitrogens is 1. The molecule has 2 aromatic rings. The number of rotatable bonds is 1. The molecule has 4 nitrogen and oxygen atoms in total. The van der Waals surface area contributed by atoms with Crippen molar-refractivity contribution in [3.8, 4) is 0 Å². The first-order chi connectivity index (χ1) is 12.3. The largest absolute Gasteiger partial charge is 0.357 e. The molecule has 1 saturated heterocycles. The summed E-state index contributed by atoms with van der Waals surface area (Å²) in [6.45, 7) is 2.74. The first kappa shape index (κ1) is 15.2. The monoisotopic (exact) mass is 335 g/mol. The van der Waals surface area contributed by atoms with Crippen LogP contribution in [-0.2, 0) is 16.8 Å². The molecule has 3 heterocycles. The van der Waals surface area contributed by atoms with Crippen molar-refractivity contribution >= 4 is 16.8 Å². The normalized spacial score (nSPS) is 22.6. The van der Waals surface area contributed by atoms with E-state index in [2.05, 4.69) is 51.6 Å². The molecule has 2 N–H and O–H groups in total. The van der Waals surface area contributed by atoms with E-state index in [1.54, 1.807) is 0 Å². The van der Waals surface area contributed by atoms with Gasteiger partial charge in [0, 0.05) is 42.1 Å². The predicted molar refractivity (Wildman–Crippen MR) is 99.4 cm³/mol. The number of amides is 1. The molecule has 2 aliphatic heterocycles. The van der Waals surface area contributed by atoms with Crippen LogP contribution in [0.5, 0.6) is 0 Å². The second kappa shape index (κ2) is 5.73. The van der Waals surface area contributed by atoms with E-state index >= 15 is 0 Å². The summed E-state index contributed by atoms with van der Waals surface area (Å²) in [5, 5.41) is 5.17.